The first-order chi connectivity index (χ1) is 1.73. The molecule has 0 aromatic carbocycles. The summed E-state index contributed by atoms with van der Waals surface area (Å²) < 4.78 is 0. The first kappa shape index (κ1) is 15.9. The molecule has 0 saturated carbocycles. The Morgan fingerprint density at radius 2 is 1.00 bits per heavy atom. The van der Waals surface area contributed by atoms with Crippen molar-refractivity contribution < 1.29 is 36.1 Å². The summed E-state index contributed by atoms with van der Waals surface area (Å²) in [6, 6.07) is 0. The monoisotopic (exact) mass is 293 g/mol. The van der Waals surface area contributed by atoms with Crippen molar-refractivity contribution >= 4 is 34.2 Å². The molecule has 0 amide bonds. The van der Waals surface area contributed by atoms with Crippen LogP contribution in [0.4, 0.5) is 0 Å². The van der Waals surface area contributed by atoms with E-state index in [9.17, 15) is 0 Å². The number of halogens is 3. The second kappa shape index (κ2) is 10.7. The molecule has 6 heteroatoms. The predicted octanol–water partition coefficient (Wildman–Crippen LogP) is 0.0599. The summed E-state index contributed by atoms with van der Waals surface area (Å²) in [7, 11) is 0. The van der Waals surface area contributed by atoms with E-state index in [1.807, 2.05) is 0 Å². The Bertz CT molecular complexity index is 15.5. The van der Waals surface area contributed by atoms with E-state index in [-0.39, 0.29) is 22.8 Å². The maximum absolute atomic E-state index is 5.02. The zero-order valence-corrected chi connectivity index (χ0v) is 7.54. The van der Waals surface area contributed by atoms with Crippen molar-refractivity contribution in [3.63, 3.8) is 0 Å². The van der Waals surface area contributed by atoms with Gasteiger partial charge in [-0.2, -0.15) is 0 Å². The first-order valence-corrected chi connectivity index (χ1v) is 12.4. The summed E-state index contributed by atoms with van der Waals surface area (Å²) in [5, 5.41) is 0. The molecule has 0 saturated heterocycles. The number of hydrogen-bond acceptors (Lipinski definition) is 0. The molecule has 0 heterocycles. The average Bonchev–Trinajstić information content (AvgIpc) is 0.811. The minimum absolute atomic E-state index is 0. The Labute approximate surface area is 68.6 Å². The molecule has 1 nitrogen and oxygen atoms in total. The van der Waals surface area contributed by atoms with Crippen LogP contribution in [0.2, 0.25) is 0 Å². The molecule has 0 fully saturated rings. The van der Waals surface area contributed by atoms with E-state index >= 15 is 0 Å². The second-order valence-corrected chi connectivity index (χ2v) is 14.0. The fraction of sp³-hybridized carbons (Fsp3) is 0. The van der Waals surface area contributed by atoms with Crippen LogP contribution in [0.15, 0.2) is 0 Å². The fourth-order valence-corrected chi connectivity index (χ4v) is 0. The van der Waals surface area contributed by atoms with Crippen molar-refractivity contribution in [2.75, 3.05) is 0 Å². The van der Waals surface area contributed by atoms with Crippen LogP contribution in [0.5, 0.6) is 0 Å². The standard InChI is InChI=1S/Al.Ce.3ClH.H2O.3H/h;;3*1H;1H2;;;/q;+3;;;;;;;/p-3. The molecule has 0 aromatic rings. The van der Waals surface area contributed by atoms with Gasteiger partial charge in [0.2, 0.25) is 0 Å². The Hall–Kier alpha value is 2.74. The van der Waals surface area contributed by atoms with Crippen molar-refractivity contribution in [2.45, 2.75) is 0 Å². The van der Waals surface area contributed by atoms with Gasteiger partial charge in [-0.1, -0.05) is 0 Å². The number of rotatable bonds is 0. The van der Waals surface area contributed by atoms with E-state index in [2.05, 4.69) is 0 Å². The van der Waals surface area contributed by atoms with Gasteiger partial charge in [0.1, 0.15) is 0 Å². The van der Waals surface area contributed by atoms with E-state index in [1.54, 1.807) is 0 Å². The van der Waals surface area contributed by atoms with Gasteiger partial charge in [0.25, 0.3) is 0 Å². The van der Waals surface area contributed by atoms with Crippen LogP contribution in [0.25, 0.3) is 0 Å². The Balaban J connectivity index is -0.0000000450. The summed E-state index contributed by atoms with van der Waals surface area (Å²) in [6.07, 6.45) is 0. The molecule has 0 spiro atoms. The Kier molecular flexibility index (Phi) is 28.3. The van der Waals surface area contributed by atoms with Gasteiger partial charge < -0.3 is 5.48 Å². The molecule has 0 aromatic heterocycles. The van der Waals surface area contributed by atoms with Crippen LogP contribution < -0.4 is 0 Å². The van der Waals surface area contributed by atoms with Gasteiger partial charge in [0.15, 0.2) is 17.4 Å². The quantitative estimate of drug-likeness (QED) is 0.566. The van der Waals surface area contributed by atoms with Gasteiger partial charge in [0, 0.05) is 0 Å². The van der Waals surface area contributed by atoms with Crippen molar-refractivity contribution in [3.05, 3.63) is 0 Å². The summed E-state index contributed by atoms with van der Waals surface area (Å²) >= 11 is -2.24. The van der Waals surface area contributed by atoms with Gasteiger partial charge in [0.05, 0.1) is 0 Å². The number of hydrogen-bond donors (Lipinski definition) is 0. The predicted molar refractivity (Wildman–Crippen MR) is 31.1 cm³/mol. The van der Waals surface area contributed by atoms with Crippen LogP contribution in [0, 0.1) is 30.7 Å². The van der Waals surface area contributed by atoms with E-state index in [1.165, 1.54) is 0 Å². The second-order valence-electron chi connectivity index (χ2n) is 0.214. The Morgan fingerprint density at radius 3 is 1.00 bits per heavy atom. The van der Waals surface area contributed by atoms with Crippen molar-refractivity contribution in [3.8, 4) is 0 Å². The fourth-order valence-electron chi connectivity index (χ4n) is 0. The zero-order valence-electron chi connectivity index (χ0n) is 2.13. The third kappa shape index (κ3) is 29.6. The van der Waals surface area contributed by atoms with E-state index in [0.29, 0.717) is 0 Å². The van der Waals surface area contributed by atoms with Crippen molar-refractivity contribution in [1.82, 2.24) is 0 Å². The molecule has 2 N–H and O–H groups in total. The summed E-state index contributed by atoms with van der Waals surface area (Å²) in [5.41, 5.74) is 15.1. The van der Waals surface area contributed by atoms with Crippen molar-refractivity contribution in [1.29, 1.82) is 0 Å². The zero-order chi connectivity index (χ0) is 3.58. The van der Waals surface area contributed by atoms with Crippen LogP contribution in [0.3, 0.4) is 0 Å². The van der Waals surface area contributed by atoms with E-state index in [4.69, 9.17) is 16.9 Å². The molecular formula is H5AlCeCl3O. The Morgan fingerprint density at radius 1 is 1.00 bits per heavy atom. The molecule has 0 radical (unpaired) electrons. The summed E-state index contributed by atoms with van der Waals surface area (Å²) in [6.45, 7) is 0. The van der Waals surface area contributed by atoms with Gasteiger partial charge in [-0.05, 0) is 0 Å². The molecular weight excluding hydrogens is 289 g/mol. The third-order valence-electron chi connectivity index (χ3n) is 0. The van der Waals surface area contributed by atoms with Gasteiger partial charge in [-0.15, -0.1) is 0 Å². The van der Waals surface area contributed by atoms with E-state index in [0.717, 1.165) is 0 Å². The van der Waals surface area contributed by atoms with Crippen LogP contribution in [-0.4, -0.2) is 22.8 Å². The normalized spacial score (nSPS) is 4.50. The van der Waals surface area contributed by atoms with Gasteiger partial charge in [-0.3, -0.25) is 0 Å². The third-order valence-corrected chi connectivity index (χ3v) is 0. The molecule has 0 bridgehead atoms. The minimum atomic E-state index is -2.24. The maximum atomic E-state index is 5.02. The molecule has 0 atom stereocenters. The summed E-state index contributed by atoms with van der Waals surface area (Å²) in [5.74, 6) is 0. The van der Waals surface area contributed by atoms with Crippen LogP contribution >= 0.6 is 16.9 Å². The molecule has 0 unspecified atom stereocenters. The first-order valence-electron chi connectivity index (χ1n) is 0.567. The van der Waals surface area contributed by atoms with Crippen LogP contribution in [-0.2, 0) is 0 Å². The topological polar surface area (TPSA) is 31.5 Å². The molecule has 0 rings (SSSR count). The molecule has 0 aliphatic heterocycles. The molecule has 39 valence electrons. The van der Waals surface area contributed by atoms with E-state index < -0.39 is 30.7 Å². The van der Waals surface area contributed by atoms with Gasteiger partial charge in [-0.25, -0.2) is 0 Å². The van der Waals surface area contributed by atoms with Crippen LogP contribution in [0.1, 0.15) is 0 Å². The van der Waals surface area contributed by atoms with Gasteiger partial charge >= 0.3 is 47.6 Å². The SMILES string of the molecule is O.[AlH3].[Cl][Ce]([Cl])[Cl]. The summed E-state index contributed by atoms with van der Waals surface area (Å²) in [4.78, 5) is 0. The molecule has 0 aliphatic rings. The molecule has 6 heavy (non-hydrogen) atoms. The molecule has 0 aliphatic carbocycles. The average molecular weight is 294 g/mol. The van der Waals surface area contributed by atoms with Crippen molar-refractivity contribution in [2.24, 2.45) is 0 Å².